The quantitative estimate of drug-likeness (QED) is 0.815. The molecule has 2 rings (SSSR count). The number of rotatable bonds is 3. The molecule has 1 aromatic heterocycles. The van der Waals surface area contributed by atoms with Crippen molar-refractivity contribution >= 4 is 16.0 Å². The van der Waals surface area contributed by atoms with Crippen LogP contribution in [0.1, 0.15) is 17.4 Å². The molecule has 0 aromatic carbocycles. The van der Waals surface area contributed by atoms with E-state index in [2.05, 4.69) is 4.98 Å². The molecule has 0 aliphatic carbocycles. The number of aromatic amines is 1. The number of carboxylic acids is 1. The van der Waals surface area contributed by atoms with Crippen molar-refractivity contribution < 1.29 is 23.1 Å². The maximum atomic E-state index is 12.3. The van der Waals surface area contributed by atoms with Crippen molar-refractivity contribution in [2.24, 2.45) is 0 Å². The molecule has 1 saturated heterocycles. The standard InChI is InChI=1S/C10H14N2O5S/c1-7-6-17-3-2-12(7)18(15,16)8-4-9(10(13)14)11-5-8/h4-5,7,11H,2-3,6H2,1H3,(H,13,14)/t7-/m1/s1. The van der Waals surface area contributed by atoms with Crippen molar-refractivity contribution in [3.05, 3.63) is 18.0 Å². The lowest BCUT2D eigenvalue weighted by molar-refractivity contribution is 0.0393. The number of H-pyrrole nitrogens is 1. The first kappa shape index (κ1) is 13.1. The molecule has 2 N–H and O–H groups in total. The lowest BCUT2D eigenvalue weighted by Gasteiger charge is -2.31. The van der Waals surface area contributed by atoms with E-state index in [1.165, 1.54) is 10.5 Å². The fraction of sp³-hybridized carbons (Fsp3) is 0.500. The molecule has 100 valence electrons. The second-order valence-electron chi connectivity index (χ2n) is 4.09. The second kappa shape index (κ2) is 4.71. The summed E-state index contributed by atoms with van der Waals surface area (Å²) in [5, 5.41) is 8.77. The first-order chi connectivity index (χ1) is 8.43. The molecule has 0 unspecified atom stereocenters. The summed E-state index contributed by atoms with van der Waals surface area (Å²) in [5.41, 5.74) is -0.144. The second-order valence-corrected chi connectivity index (χ2v) is 5.98. The van der Waals surface area contributed by atoms with Gasteiger partial charge in [0.2, 0.25) is 10.0 Å². The highest BCUT2D eigenvalue weighted by atomic mass is 32.2. The number of carbonyl (C=O) groups is 1. The van der Waals surface area contributed by atoms with E-state index >= 15 is 0 Å². The fourth-order valence-electron chi connectivity index (χ4n) is 1.85. The lowest BCUT2D eigenvalue weighted by atomic mass is 10.3. The molecule has 0 saturated carbocycles. The number of sulfonamides is 1. The van der Waals surface area contributed by atoms with E-state index < -0.39 is 16.0 Å². The van der Waals surface area contributed by atoms with Crippen LogP contribution in [0.5, 0.6) is 0 Å². The van der Waals surface area contributed by atoms with E-state index in [0.29, 0.717) is 13.2 Å². The predicted octanol–water partition coefficient (Wildman–Crippen LogP) is 0.122. The third-order valence-corrected chi connectivity index (χ3v) is 4.79. The van der Waals surface area contributed by atoms with Gasteiger partial charge in [-0.2, -0.15) is 4.31 Å². The Balaban J connectivity index is 2.31. The fourth-order valence-corrected chi connectivity index (χ4v) is 3.45. The van der Waals surface area contributed by atoms with Crippen LogP contribution in [-0.4, -0.2) is 54.6 Å². The van der Waals surface area contributed by atoms with Crippen molar-refractivity contribution in [1.82, 2.24) is 9.29 Å². The normalized spacial score (nSPS) is 21.9. The Morgan fingerprint density at radius 3 is 2.89 bits per heavy atom. The molecule has 18 heavy (non-hydrogen) atoms. The van der Waals surface area contributed by atoms with Crippen LogP contribution in [0.25, 0.3) is 0 Å². The van der Waals surface area contributed by atoms with Gasteiger partial charge in [0.25, 0.3) is 0 Å². The van der Waals surface area contributed by atoms with E-state index in [4.69, 9.17) is 9.84 Å². The minimum Gasteiger partial charge on any atom is -0.477 e. The molecule has 2 heterocycles. The molecule has 1 aliphatic heterocycles. The summed E-state index contributed by atoms with van der Waals surface area (Å²) in [6.07, 6.45) is 1.20. The van der Waals surface area contributed by atoms with Gasteiger partial charge in [-0.1, -0.05) is 0 Å². The van der Waals surface area contributed by atoms with Gasteiger partial charge in [0.15, 0.2) is 0 Å². The highest BCUT2D eigenvalue weighted by Gasteiger charge is 2.32. The van der Waals surface area contributed by atoms with E-state index in [1.54, 1.807) is 6.92 Å². The average molecular weight is 274 g/mol. The Labute approximate surface area is 104 Å². The zero-order valence-electron chi connectivity index (χ0n) is 9.79. The van der Waals surface area contributed by atoms with E-state index in [0.717, 1.165) is 6.07 Å². The van der Waals surface area contributed by atoms with Gasteiger partial charge in [-0.25, -0.2) is 13.2 Å². The predicted molar refractivity (Wildman–Crippen MR) is 61.9 cm³/mol. The van der Waals surface area contributed by atoms with Crippen molar-refractivity contribution in [3.8, 4) is 0 Å². The van der Waals surface area contributed by atoms with Gasteiger partial charge in [0.05, 0.1) is 13.2 Å². The molecule has 1 aliphatic rings. The van der Waals surface area contributed by atoms with Gasteiger partial charge in [-0.05, 0) is 13.0 Å². The number of morpholine rings is 1. The van der Waals surface area contributed by atoms with Crippen LogP contribution in [-0.2, 0) is 14.8 Å². The largest absolute Gasteiger partial charge is 0.477 e. The van der Waals surface area contributed by atoms with Gasteiger partial charge < -0.3 is 14.8 Å². The van der Waals surface area contributed by atoms with Gasteiger partial charge in [0, 0.05) is 18.8 Å². The summed E-state index contributed by atoms with van der Waals surface area (Å²) in [7, 11) is -3.67. The summed E-state index contributed by atoms with van der Waals surface area (Å²) in [5.74, 6) is -1.19. The first-order valence-corrected chi connectivity index (χ1v) is 6.88. The molecule has 8 heteroatoms. The van der Waals surface area contributed by atoms with Crippen LogP contribution in [0.3, 0.4) is 0 Å². The molecule has 7 nitrogen and oxygen atoms in total. The molecule has 0 radical (unpaired) electrons. The Morgan fingerprint density at radius 2 is 2.33 bits per heavy atom. The van der Waals surface area contributed by atoms with Crippen LogP contribution in [0.15, 0.2) is 17.2 Å². The smallest absolute Gasteiger partial charge is 0.352 e. The van der Waals surface area contributed by atoms with Gasteiger partial charge >= 0.3 is 5.97 Å². The summed E-state index contributed by atoms with van der Waals surface area (Å²) in [4.78, 5) is 13.1. The Hall–Kier alpha value is -1.38. The third kappa shape index (κ3) is 2.26. The molecule has 1 fully saturated rings. The lowest BCUT2D eigenvalue weighted by Crippen LogP contribution is -2.46. The molecule has 0 amide bonds. The number of carboxylic acid groups (broad SMARTS) is 1. The number of ether oxygens (including phenoxy) is 1. The Morgan fingerprint density at radius 1 is 1.61 bits per heavy atom. The maximum Gasteiger partial charge on any atom is 0.352 e. The molecular weight excluding hydrogens is 260 g/mol. The topological polar surface area (TPSA) is 99.7 Å². The Bertz CT molecular complexity index is 550. The van der Waals surface area contributed by atoms with E-state index in [-0.39, 0.29) is 23.2 Å². The number of aromatic carboxylic acids is 1. The zero-order valence-corrected chi connectivity index (χ0v) is 10.6. The van der Waals surface area contributed by atoms with Crippen LogP contribution in [0, 0.1) is 0 Å². The van der Waals surface area contributed by atoms with Crippen molar-refractivity contribution in [2.45, 2.75) is 17.9 Å². The highest BCUT2D eigenvalue weighted by Crippen LogP contribution is 2.21. The Kier molecular flexibility index (Phi) is 3.42. The number of nitrogens with one attached hydrogen (secondary N) is 1. The van der Waals surface area contributed by atoms with Gasteiger partial charge in [-0.3, -0.25) is 0 Å². The van der Waals surface area contributed by atoms with Crippen molar-refractivity contribution in [1.29, 1.82) is 0 Å². The average Bonchev–Trinajstić information content (AvgIpc) is 2.79. The minimum absolute atomic E-state index is 0.0337. The first-order valence-electron chi connectivity index (χ1n) is 5.44. The molecular formula is C10H14N2O5S. The molecule has 0 spiro atoms. The highest BCUT2D eigenvalue weighted by molar-refractivity contribution is 7.89. The van der Waals surface area contributed by atoms with Crippen molar-refractivity contribution in [3.63, 3.8) is 0 Å². The van der Waals surface area contributed by atoms with E-state index in [9.17, 15) is 13.2 Å². The molecule has 1 atom stereocenters. The number of hydrogen-bond acceptors (Lipinski definition) is 4. The maximum absolute atomic E-state index is 12.3. The van der Waals surface area contributed by atoms with Gasteiger partial charge in [-0.15, -0.1) is 0 Å². The van der Waals surface area contributed by atoms with Crippen LogP contribution >= 0.6 is 0 Å². The van der Waals surface area contributed by atoms with Crippen LogP contribution in [0.2, 0.25) is 0 Å². The summed E-state index contributed by atoms with van der Waals surface area (Å²) < 4.78 is 31.1. The third-order valence-electron chi connectivity index (χ3n) is 2.80. The van der Waals surface area contributed by atoms with Crippen LogP contribution in [0.4, 0.5) is 0 Å². The zero-order chi connectivity index (χ0) is 13.3. The number of hydrogen-bond donors (Lipinski definition) is 2. The monoisotopic (exact) mass is 274 g/mol. The molecule has 0 bridgehead atoms. The van der Waals surface area contributed by atoms with Crippen molar-refractivity contribution in [2.75, 3.05) is 19.8 Å². The SMILES string of the molecule is C[C@@H]1COCCN1S(=O)(=O)c1c[nH]c(C(=O)O)c1. The minimum atomic E-state index is -3.67. The summed E-state index contributed by atoms with van der Waals surface area (Å²) >= 11 is 0. The summed E-state index contributed by atoms with van der Waals surface area (Å²) in [6, 6.07) is 0.867. The number of nitrogens with zero attached hydrogens (tertiary/aromatic N) is 1. The van der Waals surface area contributed by atoms with Gasteiger partial charge in [0.1, 0.15) is 10.6 Å². The molecule has 1 aromatic rings. The van der Waals surface area contributed by atoms with Crippen LogP contribution < -0.4 is 0 Å². The number of aromatic nitrogens is 1. The van der Waals surface area contributed by atoms with E-state index in [1.807, 2.05) is 0 Å². The summed E-state index contributed by atoms with van der Waals surface area (Å²) in [6.45, 7) is 2.72.